The van der Waals surface area contributed by atoms with Crippen LogP contribution < -0.4 is 0 Å². The molecule has 0 aliphatic carbocycles. The zero-order valence-electron chi connectivity index (χ0n) is 9.51. The first-order valence-electron chi connectivity index (χ1n) is 5.14. The molecule has 0 bridgehead atoms. The van der Waals surface area contributed by atoms with E-state index in [0.29, 0.717) is 0 Å². The minimum atomic E-state index is 0.0980. The topological polar surface area (TPSA) is 12.9 Å². The minimum absolute atomic E-state index is 0.0980. The lowest BCUT2D eigenvalue weighted by atomic mass is 9.85. The summed E-state index contributed by atoms with van der Waals surface area (Å²) < 4.78 is 2.12. The number of halogens is 2. The van der Waals surface area contributed by atoms with E-state index in [9.17, 15) is 0 Å². The Morgan fingerprint density at radius 3 is 2.38 bits per heavy atom. The molecule has 0 fully saturated rings. The molecule has 1 aromatic carbocycles. The summed E-state index contributed by atoms with van der Waals surface area (Å²) in [6.07, 6.45) is 1.88. The number of benzene rings is 1. The largest absolute Gasteiger partial charge is 0.254 e. The molecule has 2 aromatic rings. The molecule has 0 unspecified atom stereocenters. The van der Waals surface area contributed by atoms with Crippen LogP contribution in [0.4, 0.5) is 0 Å². The first-order valence-corrected chi connectivity index (χ1v) is 6.73. The molecule has 16 heavy (non-hydrogen) atoms. The Morgan fingerprint density at radius 1 is 1.06 bits per heavy atom. The van der Waals surface area contributed by atoms with Crippen molar-refractivity contribution in [2.75, 3.05) is 0 Å². The first-order chi connectivity index (χ1) is 7.41. The smallest absolute Gasteiger partial charge is 0.0847 e. The summed E-state index contributed by atoms with van der Waals surface area (Å²) in [5.74, 6) is 0. The quantitative estimate of drug-likeness (QED) is 0.652. The van der Waals surface area contributed by atoms with Gasteiger partial charge in [-0.3, -0.25) is 4.98 Å². The second-order valence-electron chi connectivity index (χ2n) is 4.87. The van der Waals surface area contributed by atoms with Gasteiger partial charge in [0.05, 0.1) is 5.52 Å². The van der Waals surface area contributed by atoms with Crippen molar-refractivity contribution >= 4 is 42.8 Å². The predicted molar refractivity (Wildman–Crippen MR) is 75.8 cm³/mol. The van der Waals surface area contributed by atoms with Crippen LogP contribution in [0, 0.1) is 0 Å². The highest BCUT2D eigenvalue weighted by atomic mass is 79.9. The average Bonchev–Trinajstić information content (AvgIpc) is 2.15. The monoisotopic (exact) mass is 341 g/mol. The maximum atomic E-state index is 4.46. The Balaban J connectivity index is 2.91. The maximum Gasteiger partial charge on any atom is 0.0847 e. The summed E-state index contributed by atoms with van der Waals surface area (Å²) >= 11 is 7.14. The summed E-state index contributed by atoms with van der Waals surface area (Å²) in [7, 11) is 0. The van der Waals surface area contributed by atoms with E-state index in [1.165, 1.54) is 10.9 Å². The normalized spacial score (nSPS) is 12.1. The lowest BCUT2D eigenvalue weighted by molar-refractivity contribution is 0.592. The minimum Gasteiger partial charge on any atom is -0.254 e. The predicted octanol–water partition coefficient (Wildman–Crippen LogP) is 5.06. The lowest BCUT2D eigenvalue weighted by Crippen LogP contribution is -2.13. The van der Waals surface area contributed by atoms with Gasteiger partial charge in [0.15, 0.2) is 0 Å². The highest BCUT2D eigenvalue weighted by Crippen LogP contribution is 2.36. The molecule has 0 N–H and O–H groups in total. The third kappa shape index (κ3) is 2.03. The summed E-state index contributed by atoms with van der Waals surface area (Å²) in [5, 5.41) is 1.20. The third-order valence-electron chi connectivity index (χ3n) is 2.55. The summed E-state index contributed by atoms with van der Waals surface area (Å²) in [6, 6.07) is 6.20. The first kappa shape index (κ1) is 12.1. The standard InChI is InChI=1S/C13H13Br2N/c1-13(2,3)11-8-5-4-6-9(14)12(8)16-7-10(11)15/h4-7H,1-3H3. The van der Waals surface area contributed by atoms with Gasteiger partial charge in [-0.2, -0.15) is 0 Å². The van der Waals surface area contributed by atoms with Gasteiger partial charge in [-0.1, -0.05) is 32.9 Å². The van der Waals surface area contributed by atoms with E-state index in [-0.39, 0.29) is 5.41 Å². The summed E-state index contributed by atoms with van der Waals surface area (Å²) in [4.78, 5) is 4.46. The molecule has 0 saturated heterocycles. The Kier molecular flexibility index (Phi) is 3.10. The zero-order chi connectivity index (χ0) is 11.9. The van der Waals surface area contributed by atoms with Gasteiger partial charge in [-0.05, 0) is 48.9 Å². The van der Waals surface area contributed by atoms with E-state index >= 15 is 0 Å². The van der Waals surface area contributed by atoms with Crippen molar-refractivity contribution in [1.82, 2.24) is 4.98 Å². The van der Waals surface area contributed by atoms with E-state index in [1.807, 2.05) is 12.3 Å². The highest BCUT2D eigenvalue weighted by Gasteiger charge is 2.21. The summed E-state index contributed by atoms with van der Waals surface area (Å²) in [5.41, 5.74) is 2.43. The molecule has 0 spiro atoms. The van der Waals surface area contributed by atoms with Gasteiger partial charge in [0.1, 0.15) is 0 Å². The molecule has 1 heterocycles. The fraction of sp³-hybridized carbons (Fsp3) is 0.308. The molecule has 3 heteroatoms. The Bertz CT molecular complexity index is 541. The van der Waals surface area contributed by atoms with Gasteiger partial charge in [-0.25, -0.2) is 0 Å². The highest BCUT2D eigenvalue weighted by molar-refractivity contribution is 9.11. The number of rotatable bonds is 0. The van der Waals surface area contributed by atoms with Crippen LogP contribution in [-0.4, -0.2) is 4.98 Å². The number of hydrogen-bond acceptors (Lipinski definition) is 1. The molecule has 0 atom stereocenters. The van der Waals surface area contributed by atoms with Gasteiger partial charge in [0, 0.05) is 20.5 Å². The Labute approximate surface area is 113 Å². The number of aromatic nitrogens is 1. The van der Waals surface area contributed by atoms with E-state index in [2.05, 4.69) is 69.7 Å². The molecular formula is C13H13Br2N. The molecular weight excluding hydrogens is 330 g/mol. The van der Waals surface area contributed by atoms with Crippen LogP contribution in [0.25, 0.3) is 10.9 Å². The molecule has 1 aromatic heterocycles. The van der Waals surface area contributed by atoms with Gasteiger partial charge in [-0.15, -0.1) is 0 Å². The molecule has 0 saturated carbocycles. The number of fused-ring (bicyclic) bond motifs is 1. The van der Waals surface area contributed by atoms with Crippen LogP contribution in [0.5, 0.6) is 0 Å². The molecule has 84 valence electrons. The molecule has 0 amide bonds. The van der Waals surface area contributed by atoms with Crippen molar-refractivity contribution < 1.29 is 0 Å². The van der Waals surface area contributed by atoms with Gasteiger partial charge in [0.2, 0.25) is 0 Å². The second-order valence-corrected chi connectivity index (χ2v) is 6.58. The molecule has 0 aliphatic rings. The van der Waals surface area contributed by atoms with E-state index in [0.717, 1.165) is 14.5 Å². The molecule has 0 aliphatic heterocycles. The Hall–Kier alpha value is -0.410. The third-order valence-corrected chi connectivity index (χ3v) is 3.79. The fourth-order valence-corrected chi connectivity index (χ4v) is 3.30. The van der Waals surface area contributed by atoms with Gasteiger partial charge < -0.3 is 0 Å². The van der Waals surface area contributed by atoms with E-state index in [4.69, 9.17) is 0 Å². The van der Waals surface area contributed by atoms with Crippen molar-refractivity contribution in [3.05, 3.63) is 38.9 Å². The number of pyridine rings is 1. The van der Waals surface area contributed by atoms with Crippen LogP contribution in [0.15, 0.2) is 33.3 Å². The van der Waals surface area contributed by atoms with E-state index < -0.39 is 0 Å². The van der Waals surface area contributed by atoms with Crippen LogP contribution in [0.3, 0.4) is 0 Å². The van der Waals surface area contributed by atoms with Gasteiger partial charge in [0.25, 0.3) is 0 Å². The van der Waals surface area contributed by atoms with Crippen LogP contribution in [-0.2, 0) is 5.41 Å². The number of para-hydroxylation sites is 1. The number of nitrogens with zero attached hydrogens (tertiary/aromatic N) is 1. The van der Waals surface area contributed by atoms with Crippen molar-refractivity contribution in [2.45, 2.75) is 26.2 Å². The molecule has 1 nitrogen and oxygen atoms in total. The van der Waals surface area contributed by atoms with Crippen molar-refractivity contribution in [3.63, 3.8) is 0 Å². The van der Waals surface area contributed by atoms with Gasteiger partial charge >= 0.3 is 0 Å². The van der Waals surface area contributed by atoms with Crippen molar-refractivity contribution in [3.8, 4) is 0 Å². The van der Waals surface area contributed by atoms with Crippen LogP contribution in [0.2, 0.25) is 0 Å². The second kappa shape index (κ2) is 4.11. The van der Waals surface area contributed by atoms with Crippen molar-refractivity contribution in [1.29, 1.82) is 0 Å². The zero-order valence-corrected chi connectivity index (χ0v) is 12.7. The molecule has 2 rings (SSSR count). The fourth-order valence-electron chi connectivity index (χ4n) is 1.92. The summed E-state index contributed by atoms with van der Waals surface area (Å²) in [6.45, 7) is 6.65. The Morgan fingerprint density at radius 2 is 1.75 bits per heavy atom. The van der Waals surface area contributed by atoms with Crippen LogP contribution in [0.1, 0.15) is 26.3 Å². The maximum absolute atomic E-state index is 4.46. The van der Waals surface area contributed by atoms with Crippen molar-refractivity contribution in [2.24, 2.45) is 0 Å². The van der Waals surface area contributed by atoms with E-state index in [1.54, 1.807) is 0 Å². The molecule has 0 radical (unpaired) electrons. The average molecular weight is 343 g/mol. The van der Waals surface area contributed by atoms with Crippen LogP contribution >= 0.6 is 31.9 Å². The number of hydrogen-bond donors (Lipinski definition) is 0. The lowest BCUT2D eigenvalue weighted by Gasteiger charge is -2.22. The SMILES string of the molecule is CC(C)(C)c1c(Br)cnc2c(Br)cccc12.